The first kappa shape index (κ1) is 22.9. The zero-order valence-electron chi connectivity index (χ0n) is 15.3. The van der Waals surface area contributed by atoms with Crippen LogP contribution in [0.1, 0.15) is 26.2 Å². The molecule has 0 aromatic carbocycles. The summed E-state index contributed by atoms with van der Waals surface area (Å²) in [6, 6.07) is 0.710. The van der Waals surface area contributed by atoms with Crippen molar-refractivity contribution in [3.63, 3.8) is 0 Å². The van der Waals surface area contributed by atoms with Crippen LogP contribution in [0.5, 0.6) is 0 Å². The number of rotatable bonds is 4. The molecule has 1 N–H and O–H groups in total. The highest BCUT2D eigenvalue weighted by Gasteiger charge is 2.28. The summed E-state index contributed by atoms with van der Waals surface area (Å²) in [7, 11) is 0. The quantitative estimate of drug-likeness (QED) is 0.762. The molecule has 1 amide bonds. The smallest absolute Gasteiger partial charge is 0.223 e. The molecule has 0 bridgehead atoms. The third kappa shape index (κ3) is 6.85. The fourth-order valence-corrected chi connectivity index (χ4v) is 4.01. The molecule has 3 heterocycles. The van der Waals surface area contributed by atoms with Crippen LogP contribution in [0.4, 0.5) is 0 Å². The Morgan fingerprint density at radius 3 is 2.40 bits per heavy atom. The van der Waals surface area contributed by atoms with Gasteiger partial charge in [-0.3, -0.25) is 9.69 Å². The third-order valence-corrected chi connectivity index (χ3v) is 5.46. The first-order valence-electron chi connectivity index (χ1n) is 9.29. The van der Waals surface area contributed by atoms with E-state index in [1.165, 1.54) is 12.8 Å². The minimum Gasteiger partial charge on any atom is -0.376 e. The Morgan fingerprint density at radius 1 is 1.08 bits per heavy atom. The minimum atomic E-state index is 0. The van der Waals surface area contributed by atoms with Crippen LogP contribution in [0, 0.1) is 0 Å². The molecule has 0 aromatic rings. The largest absolute Gasteiger partial charge is 0.376 e. The zero-order chi connectivity index (χ0) is 16.1. The van der Waals surface area contributed by atoms with Gasteiger partial charge in [-0.05, 0) is 32.9 Å². The summed E-state index contributed by atoms with van der Waals surface area (Å²) in [5, 5.41) is 3.30. The lowest BCUT2D eigenvalue weighted by Gasteiger charge is -2.41. The third-order valence-electron chi connectivity index (χ3n) is 5.46. The molecule has 3 aliphatic heterocycles. The predicted molar refractivity (Wildman–Crippen MR) is 105 cm³/mol. The van der Waals surface area contributed by atoms with Crippen LogP contribution in [0.25, 0.3) is 0 Å². The summed E-state index contributed by atoms with van der Waals surface area (Å²) in [5.74, 6) is 0.329. The van der Waals surface area contributed by atoms with Crippen LogP contribution in [-0.4, -0.2) is 98.3 Å². The number of likely N-dealkylation sites (tertiary alicyclic amines) is 1. The summed E-state index contributed by atoms with van der Waals surface area (Å²) in [4.78, 5) is 19.3. The number of hydrogen-bond acceptors (Lipinski definition) is 5. The SMILES string of the molecule is CC1CN(C2CCN(CCC(=O)N3CCNCC3)CC2)CCO1.Cl.Cl. The molecule has 0 aliphatic carbocycles. The molecule has 148 valence electrons. The lowest BCUT2D eigenvalue weighted by Crippen LogP contribution is -2.51. The topological polar surface area (TPSA) is 48.0 Å². The van der Waals surface area contributed by atoms with Crippen LogP contribution in [0.15, 0.2) is 0 Å². The van der Waals surface area contributed by atoms with E-state index < -0.39 is 0 Å². The number of carbonyl (C=O) groups excluding carboxylic acids is 1. The standard InChI is InChI=1S/C17H32N4O2.2ClH/c1-15-14-21(12-13-23-15)16-2-7-19(8-3-16)9-4-17(22)20-10-5-18-6-11-20;;/h15-16,18H,2-14H2,1H3;2*1H. The summed E-state index contributed by atoms with van der Waals surface area (Å²) in [6.45, 7) is 12.0. The predicted octanol–water partition coefficient (Wildman–Crippen LogP) is 0.837. The van der Waals surface area contributed by atoms with E-state index in [0.717, 1.165) is 65.5 Å². The average Bonchev–Trinajstić information content (AvgIpc) is 2.61. The molecule has 0 radical (unpaired) electrons. The van der Waals surface area contributed by atoms with Gasteiger partial charge in [-0.1, -0.05) is 0 Å². The molecule has 3 rings (SSSR count). The van der Waals surface area contributed by atoms with Crippen molar-refractivity contribution in [2.45, 2.75) is 38.3 Å². The Morgan fingerprint density at radius 2 is 1.76 bits per heavy atom. The summed E-state index contributed by atoms with van der Waals surface area (Å²) in [6.07, 6.45) is 3.51. The number of amides is 1. The molecule has 1 atom stereocenters. The van der Waals surface area contributed by atoms with Gasteiger partial charge in [-0.2, -0.15) is 0 Å². The van der Waals surface area contributed by atoms with Gasteiger partial charge in [-0.25, -0.2) is 0 Å². The first-order chi connectivity index (χ1) is 11.2. The molecule has 0 saturated carbocycles. The molecule has 6 nitrogen and oxygen atoms in total. The Labute approximate surface area is 164 Å². The van der Waals surface area contributed by atoms with E-state index in [2.05, 4.69) is 22.0 Å². The molecule has 0 aromatic heterocycles. The van der Waals surface area contributed by atoms with Crippen molar-refractivity contribution in [3.05, 3.63) is 0 Å². The molecular weight excluding hydrogens is 363 g/mol. The van der Waals surface area contributed by atoms with Gasteiger partial charge in [0.2, 0.25) is 5.91 Å². The number of carbonyl (C=O) groups is 1. The highest BCUT2D eigenvalue weighted by molar-refractivity contribution is 5.85. The number of nitrogens with one attached hydrogen (secondary N) is 1. The molecular formula is C17H34Cl2N4O2. The fourth-order valence-electron chi connectivity index (χ4n) is 4.01. The Bertz CT molecular complexity index is 389. The Kier molecular flexibility index (Phi) is 10.6. The number of nitrogens with zero attached hydrogens (tertiary/aromatic N) is 3. The van der Waals surface area contributed by atoms with Crippen molar-refractivity contribution in [3.8, 4) is 0 Å². The van der Waals surface area contributed by atoms with Crippen LogP contribution >= 0.6 is 24.8 Å². The normalized spacial score (nSPS) is 26.6. The molecule has 3 fully saturated rings. The Hall–Kier alpha value is -0.110. The second kappa shape index (κ2) is 11.6. The molecule has 3 aliphatic rings. The molecule has 1 unspecified atom stereocenters. The molecule has 8 heteroatoms. The number of morpholine rings is 1. The zero-order valence-corrected chi connectivity index (χ0v) is 17.0. The van der Waals surface area contributed by atoms with E-state index in [1.807, 2.05) is 4.90 Å². The monoisotopic (exact) mass is 396 g/mol. The van der Waals surface area contributed by atoms with E-state index in [1.54, 1.807) is 0 Å². The second-order valence-corrected chi connectivity index (χ2v) is 7.13. The number of ether oxygens (including phenoxy) is 1. The van der Waals surface area contributed by atoms with Crippen molar-refractivity contribution >= 4 is 30.7 Å². The number of piperidine rings is 1. The highest BCUT2D eigenvalue weighted by Crippen LogP contribution is 2.19. The van der Waals surface area contributed by atoms with Gasteiger partial charge in [0, 0.05) is 58.3 Å². The Balaban J connectivity index is 0.00000156. The van der Waals surface area contributed by atoms with E-state index in [0.29, 0.717) is 24.5 Å². The lowest BCUT2D eigenvalue weighted by atomic mass is 10.0. The fraction of sp³-hybridized carbons (Fsp3) is 0.941. The molecule has 3 saturated heterocycles. The van der Waals surface area contributed by atoms with Crippen molar-refractivity contribution in [1.29, 1.82) is 0 Å². The highest BCUT2D eigenvalue weighted by atomic mass is 35.5. The van der Waals surface area contributed by atoms with Crippen molar-refractivity contribution in [1.82, 2.24) is 20.0 Å². The van der Waals surface area contributed by atoms with Gasteiger partial charge in [0.25, 0.3) is 0 Å². The molecule has 25 heavy (non-hydrogen) atoms. The lowest BCUT2D eigenvalue weighted by molar-refractivity contribution is -0.132. The van der Waals surface area contributed by atoms with Crippen molar-refractivity contribution in [2.24, 2.45) is 0 Å². The summed E-state index contributed by atoms with van der Waals surface area (Å²) >= 11 is 0. The van der Waals surface area contributed by atoms with Gasteiger partial charge in [0.15, 0.2) is 0 Å². The van der Waals surface area contributed by atoms with Crippen LogP contribution in [-0.2, 0) is 9.53 Å². The van der Waals surface area contributed by atoms with E-state index in [4.69, 9.17) is 4.74 Å². The number of hydrogen-bond donors (Lipinski definition) is 1. The maximum atomic E-state index is 12.2. The van der Waals surface area contributed by atoms with Crippen LogP contribution in [0.3, 0.4) is 0 Å². The van der Waals surface area contributed by atoms with E-state index in [-0.39, 0.29) is 24.8 Å². The van der Waals surface area contributed by atoms with Gasteiger partial charge in [-0.15, -0.1) is 24.8 Å². The van der Waals surface area contributed by atoms with Crippen LogP contribution in [0.2, 0.25) is 0 Å². The minimum absolute atomic E-state index is 0. The second-order valence-electron chi connectivity index (χ2n) is 7.13. The first-order valence-corrected chi connectivity index (χ1v) is 9.29. The number of piperazine rings is 1. The van der Waals surface area contributed by atoms with Gasteiger partial charge >= 0.3 is 0 Å². The van der Waals surface area contributed by atoms with Crippen LogP contribution < -0.4 is 5.32 Å². The van der Waals surface area contributed by atoms with Gasteiger partial charge in [0.05, 0.1) is 12.7 Å². The van der Waals surface area contributed by atoms with Crippen molar-refractivity contribution < 1.29 is 9.53 Å². The number of halogens is 2. The van der Waals surface area contributed by atoms with Crippen molar-refractivity contribution in [2.75, 3.05) is 65.5 Å². The molecule has 0 spiro atoms. The van der Waals surface area contributed by atoms with E-state index in [9.17, 15) is 4.79 Å². The maximum Gasteiger partial charge on any atom is 0.223 e. The van der Waals surface area contributed by atoms with Gasteiger partial charge in [0.1, 0.15) is 0 Å². The summed E-state index contributed by atoms with van der Waals surface area (Å²) in [5.41, 5.74) is 0. The maximum absolute atomic E-state index is 12.2. The summed E-state index contributed by atoms with van der Waals surface area (Å²) < 4.78 is 5.64. The van der Waals surface area contributed by atoms with Gasteiger partial charge < -0.3 is 19.9 Å². The average molecular weight is 397 g/mol. The van der Waals surface area contributed by atoms with E-state index >= 15 is 0 Å².